The van der Waals surface area contributed by atoms with Crippen LogP contribution in [-0.4, -0.2) is 47.4 Å². The van der Waals surface area contributed by atoms with Crippen LogP contribution in [0.4, 0.5) is 5.69 Å². The van der Waals surface area contributed by atoms with Crippen molar-refractivity contribution in [2.24, 2.45) is 10.7 Å². The number of carbonyl (C=O) groups excluding carboxylic acids is 2. The van der Waals surface area contributed by atoms with Gasteiger partial charge in [-0.05, 0) is 42.2 Å². The highest BCUT2D eigenvalue weighted by Gasteiger charge is 2.23. The van der Waals surface area contributed by atoms with E-state index in [4.69, 9.17) is 15.6 Å². The quantitative estimate of drug-likeness (QED) is 0.651. The lowest BCUT2D eigenvalue weighted by Gasteiger charge is -2.23. The second-order valence-electron chi connectivity index (χ2n) is 8.04. The first kappa shape index (κ1) is 21.8. The zero-order valence-corrected chi connectivity index (χ0v) is 18.1. The van der Waals surface area contributed by atoms with Crippen molar-refractivity contribution in [3.05, 3.63) is 58.7 Å². The van der Waals surface area contributed by atoms with Crippen LogP contribution in [0.25, 0.3) is 17.2 Å². The monoisotopic (exact) mass is 433 g/mol. The number of cyclic esters (lactones) is 1. The van der Waals surface area contributed by atoms with Crippen LogP contribution in [0.3, 0.4) is 0 Å². The zero-order chi connectivity index (χ0) is 22.7. The average molecular weight is 434 g/mol. The van der Waals surface area contributed by atoms with Crippen LogP contribution in [-0.2, 0) is 16.1 Å². The first-order valence-electron chi connectivity index (χ1n) is 10.9. The van der Waals surface area contributed by atoms with Gasteiger partial charge in [-0.15, -0.1) is 0 Å². The molecule has 7 heteroatoms. The number of rotatable bonds is 7. The molecule has 7 nitrogen and oxygen atoms in total. The fraction of sp³-hybridized carbons (Fsp3) is 0.320. The Kier molecular flexibility index (Phi) is 6.37. The molecule has 0 saturated heterocycles. The summed E-state index contributed by atoms with van der Waals surface area (Å²) in [6.07, 6.45) is 3.50. The van der Waals surface area contributed by atoms with E-state index in [-0.39, 0.29) is 24.9 Å². The lowest BCUT2D eigenvalue weighted by Crippen LogP contribution is -2.35. The molecule has 4 rings (SSSR count). The number of fused-ring (bicyclic) bond motifs is 2. The van der Waals surface area contributed by atoms with Crippen LogP contribution in [0.15, 0.2) is 47.0 Å². The molecule has 2 aromatic rings. The number of aliphatic imine (C=N–C) groups is 1. The highest BCUT2D eigenvalue weighted by atomic mass is 16.5. The van der Waals surface area contributed by atoms with E-state index in [1.165, 1.54) is 0 Å². The van der Waals surface area contributed by atoms with Crippen LogP contribution in [0.5, 0.6) is 0 Å². The zero-order valence-electron chi connectivity index (χ0n) is 18.1. The van der Waals surface area contributed by atoms with Crippen molar-refractivity contribution in [2.45, 2.75) is 32.8 Å². The van der Waals surface area contributed by atoms with Crippen molar-refractivity contribution in [1.29, 1.82) is 0 Å². The molecular weight excluding hydrogens is 406 g/mol. The van der Waals surface area contributed by atoms with E-state index < -0.39 is 0 Å². The van der Waals surface area contributed by atoms with Gasteiger partial charge in [0.1, 0.15) is 12.4 Å². The van der Waals surface area contributed by atoms with E-state index in [0.717, 1.165) is 28.7 Å². The van der Waals surface area contributed by atoms with Crippen molar-refractivity contribution in [3.63, 3.8) is 0 Å². The summed E-state index contributed by atoms with van der Waals surface area (Å²) < 4.78 is 5.10. The van der Waals surface area contributed by atoms with Crippen LogP contribution >= 0.6 is 0 Å². The average Bonchev–Trinajstić information content (AvgIpc) is 3.07. The Labute approximate surface area is 187 Å². The standard InChI is InChI=1S/C25H27N3O4/c1-2-8-28(9-3-10-29)24(30)20-11-18-6-4-17(13-22(18)27-23(26)14-20)16-5-7-19-15-32-25(31)21(19)12-16/h4-7,11-13,29H,2-3,8-10,14-15H2,1H3,(H2,26,27). The van der Waals surface area contributed by atoms with E-state index >= 15 is 0 Å². The van der Waals surface area contributed by atoms with Crippen molar-refractivity contribution >= 4 is 29.5 Å². The minimum absolute atomic E-state index is 0.0438. The van der Waals surface area contributed by atoms with Gasteiger partial charge in [-0.2, -0.15) is 0 Å². The van der Waals surface area contributed by atoms with Crippen molar-refractivity contribution in [2.75, 3.05) is 19.7 Å². The van der Waals surface area contributed by atoms with Crippen LogP contribution in [0.1, 0.15) is 47.7 Å². The van der Waals surface area contributed by atoms with Crippen LogP contribution in [0, 0.1) is 0 Å². The fourth-order valence-corrected chi connectivity index (χ4v) is 4.05. The van der Waals surface area contributed by atoms with Gasteiger partial charge in [-0.3, -0.25) is 4.79 Å². The first-order chi connectivity index (χ1) is 15.5. The molecule has 2 aliphatic rings. The van der Waals surface area contributed by atoms with Gasteiger partial charge in [0.05, 0.1) is 11.3 Å². The largest absolute Gasteiger partial charge is 0.457 e. The summed E-state index contributed by atoms with van der Waals surface area (Å²) in [5.41, 5.74) is 11.5. The smallest absolute Gasteiger partial charge is 0.338 e. The van der Waals surface area contributed by atoms with Gasteiger partial charge in [0.2, 0.25) is 5.91 Å². The number of hydrogen-bond donors (Lipinski definition) is 2. The Balaban J connectivity index is 1.66. The summed E-state index contributed by atoms with van der Waals surface area (Å²) >= 11 is 0. The highest BCUT2D eigenvalue weighted by molar-refractivity contribution is 6.05. The third-order valence-corrected chi connectivity index (χ3v) is 5.66. The number of aliphatic hydroxyl groups excluding tert-OH is 1. The fourth-order valence-electron chi connectivity index (χ4n) is 4.05. The number of nitrogens with zero attached hydrogens (tertiary/aromatic N) is 2. The van der Waals surface area contributed by atoms with Gasteiger partial charge in [0, 0.05) is 42.8 Å². The number of esters is 1. The molecule has 0 fully saturated rings. The molecule has 2 aliphatic heterocycles. The second-order valence-corrected chi connectivity index (χ2v) is 8.04. The van der Waals surface area contributed by atoms with E-state index in [1.54, 1.807) is 4.90 Å². The van der Waals surface area contributed by atoms with Crippen LogP contribution in [0.2, 0.25) is 0 Å². The van der Waals surface area contributed by atoms with Gasteiger partial charge in [0.15, 0.2) is 0 Å². The number of carbonyl (C=O) groups is 2. The molecule has 2 heterocycles. The Hall–Kier alpha value is -3.45. The summed E-state index contributed by atoms with van der Waals surface area (Å²) in [4.78, 5) is 31.4. The molecule has 32 heavy (non-hydrogen) atoms. The van der Waals surface area contributed by atoms with Gasteiger partial charge >= 0.3 is 5.97 Å². The molecule has 166 valence electrons. The maximum Gasteiger partial charge on any atom is 0.338 e. The van der Waals surface area contributed by atoms with E-state index in [1.807, 2.05) is 49.4 Å². The summed E-state index contributed by atoms with van der Waals surface area (Å²) in [7, 11) is 0. The maximum atomic E-state index is 13.2. The van der Waals surface area contributed by atoms with Crippen molar-refractivity contribution in [3.8, 4) is 11.1 Å². The normalized spacial score (nSPS) is 14.6. The summed E-state index contributed by atoms with van der Waals surface area (Å²) in [5.74, 6) is -0.00746. The van der Waals surface area contributed by atoms with Crippen molar-refractivity contribution < 1.29 is 19.4 Å². The Morgan fingerprint density at radius 1 is 1.19 bits per heavy atom. The van der Waals surface area contributed by atoms with Crippen LogP contribution < -0.4 is 5.73 Å². The predicted molar refractivity (Wildman–Crippen MR) is 123 cm³/mol. The lowest BCUT2D eigenvalue weighted by molar-refractivity contribution is -0.127. The molecule has 0 bridgehead atoms. The number of aliphatic hydroxyl groups is 1. The van der Waals surface area contributed by atoms with Gasteiger partial charge in [-0.1, -0.05) is 31.2 Å². The maximum absolute atomic E-state index is 13.2. The Morgan fingerprint density at radius 3 is 2.75 bits per heavy atom. The van der Waals surface area contributed by atoms with Crippen molar-refractivity contribution in [1.82, 2.24) is 4.90 Å². The topological polar surface area (TPSA) is 105 Å². The molecule has 1 amide bonds. The second kappa shape index (κ2) is 9.36. The summed E-state index contributed by atoms with van der Waals surface area (Å²) in [5, 5.41) is 9.16. The minimum atomic E-state index is -0.303. The van der Waals surface area contributed by atoms with E-state index in [0.29, 0.717) is 48.8 Å². The molecule has 0 aromatic heterocycles. The molecule has 3 N–H and O–H groups in total. The number of amides is 1. The van der Waals surface area contributed by atoms with E-state index in [2.05, 4.69) is 4.99 Å². The number of ether oxygens (including phenoxy) is 1. The molecular formula is C25H27N3O4. The Morgan fingerprint density at radius 2 is 1.97 bits per heavy atom. The number of hydrogen-bond acceptors (Lipinski definition) is 6. The van der Waals surface area contributed by atoms with Gasteiger partial charge in [0.25, 0.3) is 0 Å². The third-order valence-electron chi connectivity index (χ3n) is 5.66. The predicted octanol–water partition coefficient (Wildman–Crippen LogP) is 3.42. The van der Waals surface area contributed by atoms with Gasteiger partial charge < -0.3 is 20.5 Å². The molecule has 0 saturated carbocycles. The Bertz CT molecular complexity index is 1120. The number of nitrogens with two attached hydrogens (primary N) is 1. The first-order valence-corrected chi connectivity index (χ1v) is 10.9. The minimum Gasteiger partial charge on any atom is -0.457 e. The lowest BCUT2D eigenvalue weighted by atomic mass is 9.98. The molecule has 0 aliphatic carbocycles. The molecule has 0 spiro atoms. The number of benzene rings is 2. The molecule has 2 aromatic carbocycles. The SMILES string of the molecule is CCCN(CCCO)C(=O)C1=Cc2ccc(-c3ccc4c(c3)C(=O)OC4)cc2N=C(N)C1. The molecule has 0 radical (unpaired) electrons. The number of amidine groups is 1. The summed E-state index contributed by atoms with van der Waals surface area (Å²) in [6.45, 7) is 3.51. The molecule has 0 unspecified atom stereocenters. The van der Waals surface area contributed by atoms with E-state index in [9.17, 15) is 9.59 Å². The highest BCUT2D eigenvalue weighted by Crippen LogP contribution is 2.33. The molecule has 0 atom stereocenters. The van der Waals surface area contributed by atoms with Gasteiger partial charge in [-0.25, -0.2) is 9.79 Å². The third kappa shape index (κ3) is 4.43. The summed E-state index contributed by atoms with van der Waals surface area (Å²) in [6, 6.07) is 11.5.